The van der Waals surface area contributed by atoms with Gasteiger partial charge < -0.3 is 10.6 Å². The highest BCUT2D eigenvalue weighted by Crippen LogP contribution is 2.18. The summed E-state index contributed by atoms with van der Waals surface area (Å²) in [6.07, 6.45) is 0. The Labute approximate surface area is 144 Å². The van der Waals surface area contributed by atoms with Crippen molar-refractivity contribution in [1.29, 1.82) is 0 Å². The number of rotatable bonds is 4. The molecule has 0 aliphatic heterocycles. The molecule has 2 aromatic carbocycles. The Bertz CT molecular complexity index is 910. The van der Waals surface area contributed by atoms with E-state index in [2.05, 4.69) is 20.8 Å². The summed E-state index contributed by atoms with van der Waals surface area (Å²) in [5.41, 5.74) is 3.60. The van der Waals surface area contributed by atoms with E-state index in [9.17, 15) is 9.18 Å². The number of carbonyl (C=O) groups is 1. The number of benzene rings is 2. The number of amides is 1. The summed E-state index contributed by atoms with van der Waals surface area (Å²) >= 11 is 0. The van der Waals surface area contributed by atoms with E-state index in [1.54, 1.807) is 24.3 Å². The summed E-state index contributed by atoms with van der Waals surface area (Å²) in [6.45, 7) is 3.93. The first kappa shape index (κ1) is 16.6. The van der Waals surface area contributed by atoms with E-state index >= 15 is 0 Å². The van der Waals surface area contributed by atoms with Gasteiger partial charge in [0.2, 0.25) is 0 Å². The minimum atomic E-state index is -0.345. The van der Waals surface area contributed by atoms with Crippen molar-refractivity contribution in [3.63, 3.8) is 0 Å². The topological polar surface area (TPSA) is 66.9 Å². The smallest absolute Gasteiger partial charge is 0.276 e. The number of nitrogens with one attached hydrogen (secondary N) is 2. The minimum absolute atomic E-state index is 0.199. The lowest BCUT2D eigenvalue weighted by Crippen LogP contribution is -2.15. The van der Waals surface area contributed by atoms with Gasteiger partial charge in [0.1, 0.15) is 5.82 Å². The maximum Gasteiger partial charge on any atom is 0.276 e. The lowest BCUT2D eigenvalue weighted by molar-refractivity contribution is 0.102. The van der Waals surface area contributed by atoms with Gasteiger partial charge in [0.05, 0.1) is 0 Å². The zero-order valence-electron chi connectivity index (χ0n) is 13.9. The number of carbonyl (C=O) groups excluding carboxylic acids is 1. The Balaban J connectivity index is 1.70. The Kier molecular flexibility index (Phi) is 4.70. The predicted octanol–water partition coefficient (Wildman–Crippen LogP) is 4.23. The number of anilines is 3. The Morgan fingerprint density at radius 3 is 2.52 bits per heavy atom. The molecule has 0 saturated carbocycles. The van der Waals surface area contributed by atoms with Gasteiger partial charge in [0, 0.05) is 11.4 Å². The van der Waals surface area contributed by atoms with E-state index in [0.29, 0.717) is 11.5 Å². The first-order valence-corrected chi connectivity index (χ1v) is 7.76. The number of nitrogens with zero attached hydrogens (tertiary/aromatic N) is 2. The largest absolute Gasteiger partial charge is 0.339 e. The average molecular weight is 336 g/mol. The van der Waals surface area contributed by atoms with Crippen LogP contribution in [0.25, 0.3) is 0 Å². The monoisotopic (exact) mass is 336 g/mol. The van der Waals surface area contributed by atoms with E-state index in [1.165, 1.54) is 12.1 Å². The predicted molar refractivity (Wildman–Crippen MR) is 95.6 cm³/mol. The highest BCUT2D eigenvalue weighted by Gasteiger charge is 2.10. The van der Waals surface area contributed by atoms with Gasteiger partial charge in [0.15, 0.2) is 11.5 Å². The van der Waals surface area contributed by atoms with Gasteiger partial charge in [-0.05, 0) is 55.8 Å². The van der Waals surface area contributed by atoms with Crippen LogP contribution in [0.2, 0.25) is 0 Å². The zero-order valence-corrected chi connectivity index (χ0v) is 13.9. The molecule has 0 fully saturated rings. The number of hydrogen-bond donors (Lipinski definition) is 2. The molecule has 0 bridgehead atoms. The number of halogens is 1. The lowest BCUT2D eigenvalue weighted by atomic mass is 10.1. The van der Waals surface area contributed by atoms with Crippen LogP contribution in [0.3, 0.4) is 0 Å². The van der Waals surface area contributed by atoms with Crippen LogP contribution >= 0.6 is 0 Å². The summed E-state index contributed by atoms with van der Waals surface area (Å²) in [5, 5.41) is 13.6. The number of aromatic nitrogens is 2. The van der Waals surface area contributed by atoms with E-state index < -0.39 is 0 Å². The second kappa shape index (κ2) is 7.09. The molecule has 1 heterocycles. The summed E-state index contributed by atoms with van der Waals surface area (Å²) in [7, 11) is 0. The van der Waals surface area contributed by atoms with Crippen LogP contribution < -0.4 is 10.6 Å². The molecule has 0 unspecified atom stereocenters. The summed E-state index contributed by atoms with van der Waals surface area (Å²) in [6, 6.07) is 15.0. The van der Waals surface area contributed by atoms with Crippen LogP contribution in [0.15, 0.2) is 54.6 Å². The lowest BCUT2D eigenvalue weighted by Gasteiger charge is -2.09. The van der Waals surface area contributed by atoms with Crippen molar-refractivity contribution in [2.75, 3.05) is 10.6 Å². The standard InChI is InChI=1S/C19H17FN4O/c1-12-6-7-16(13(2)10-12)22-19(25)17-8-9-18(24-23-17)21-15-5-3-4-14(20)11-15/h3-11H,1-2H3,(H,21,24)(H,22,25). The number of aryl methyl sites for hydroxylation is 2. The molecule has 3 aromatic rings. The summed E-state index contributed by atoms with van der Waals surface area (Å²) in [4.78, 5) is 12.3. The first-order chi connectivity index (χ1) is 12.0. The average Bonchev–Trinajstić information content (AvgIpc) is 2.58. The van der Waals surface area contributed by atoms with Crippen LogP contribution in [0.4, 0.5) is 21.6 Å². The Hall–Kier alpha value is -3.28. The van der Waals surface area contributed by atoms with Crippen LogP contribution in [0.1, 0.15) is 21.6 Å². The van der Waals surface area contributed by atoms with Crippen LogP contribution in [-0.2, 0) is 0 Å². The van der Waals surface area contributed by atoms with E-state index in [4.69, 9.17) is 0 Å². The fraction of sp³-hybridized carbons (Fsp3) is 0.105. The van der Waals surface area contributed by atoms with E-state index in [-0.39, 0.29) is 17.4 Å². The van der Waals surface area contributed by atoms with Crippen molar-refractivity contribution in [2.24, 2.45) is 0 Å². The van der Waals surface area contributed by atoms with Crippen molar-refractivity contribution in [3.05, 3.63) is 77.2 Å². The minimum Gasteiger partial charge on any atom is -0.339 e. The molecule has 0 saturated heterocycles. The van der Waals surface area contributed by atoms with Gasteiger partial charge in [-0.1, -0.05) is 23.8 Å². The highest BCUT2D eigenvalue weighted by atomic mass is 19.1. The molecule has 6 heteroatoms. The van der Waals surface area contributed by atoms with Gasteiger partial charge in [-0.3, -0.25) is 4.79 Å². The fourth-order valence-corrected chi connectivity index (χ4v) is 2.37. The van der Waals surface area contributed by atoms with E-state index in [0.717, 1.165) is 16.8 Å². The first-order valence-electron chi connectivity index (χ1n) is 7.76. The van der Waals surface area contributed by atoms with Crippen LogP contribution in [0.5, 0.6) is 0 Å². The van der Waals surface area contributed by atoms with Gasteiger partial charge in [0.25, 0.3) is 5.91 Å². The molecule has 0 radical (unpaired) electrons. The van der Waals surface area contributed by atoms with Crippen molar-refractivity contribution >= 4 is 23.1 Å². The summed E-state index contributed by atoms with van der Waals surface area (Å²) in [5.74, 6) is -0.257. The van der Waals surface area contributed by atoms with Crippen molar-refractivity contribution < 1.29 is 9.18 Å². The van der Waals surface area contributed by atoms with E-state index in [1.807, 2.05) is 32.0 Å². The van der Waals surface area contributed by atoms with Crippen LogP contribution in [-0.4, -0.2) is 16.1 Å². The molecule has 126 valence electrons. The molecule has 0 spiro atoms. The molecular formula is C19H17FN4O. The third-order valence-electron chi connectivity index (χ3n) is 3.62. The van der Waals surface area contributed by atoms with Crippen LogP contribution in [0, 0.1) is 19.7 Å². The van der Waals surface area contributed by atoms with Crippen molar-refractivity contribution in [3.8, 4) is 0 Å². The quantitative estimate of drug-likeness (QED) is 0.748. The molecular weight excluding hydrogens is 319 g/mol. The molecule has 0 atom stereocenters. The fourth-order valence-electron chi connectivity index (χ4n) is 2.37. The maximum absolute atomic E-state index is 13.2. The second-order valence-corrected chi connectivity index (χ2v) is 5.71. The van der Waals surface area contributed by atoms with Gasteiger partial charge in [-0.2, -0.15) is 0 Å². The zero-order chi connectivity index (χ0) is 17.8. The van der Waals surface area contributed by atoms with Crippen molar-refractivity contribution in [2.45, 2.75) is 13.8 Å². The summed E-state index contributed by atoms with van der Waals surface area (Å²) < 4.78 is 13.2. The highest BCUT2D eigenvalue weighted by molar-refractivity contribution is 6.03. The van der Waals surface area contributed by atoms with Gasteiger partial charge >= 0.3 is 0 Å². The molecule has 5 nitrogen and oxygen atoms in total. The molecule has 0 aliphatic carbocycles. The third-order valence-corrected chi connectivity index (χ3v) is 3.62. The molecule has 2 N–H and O–H groups in total. The SMILES string of the molecule is Cc1ccc(NC(=O)c2ccc(Nc3cccc(F)c3)nn2)c(C)c1. The van der Waals surface area contributed by atoms with Gasteiger partial charge in [-0.25, -0.2) is 4.39 Å². The molecule has 1 aromatic heterocycles. The second-order valence-electron chi connectivity index (χ2n) is 5.71. The maximum atomic E-state index is 13.2. The Morgan fingerprint density at radius 1 is 1.00 bits per heavy atom. The molecule has 0 aliphatic rings. The third kappa shape index (κ3) is 4.17. The van der Waals surface area contributed by atoms with Crippen molar-refractivity contribution in [1.82, 2.24) is 10.2 Å². The molecule has 25 heavy (non-hydrogen) atoms. The normalized spacial score (nSPS) is 10.4. The van der Waals surface area contributed by atoms with Gasteiger partial charge in [-0.15, -0.1) is 10.2 Å². The molecule has 3 rings (SSSR count). The Morgan fingerprint density at radius 2 is 1.84 bits per heavy atom. The number of hydrogen-bond acceptors (Lipinski definition) is 4. The molecule has 1 amide bonds.